The smallest absolute Gasteiger partial charge is 0.410 e. The molecule has 0 aromatic heterocycles. The SMILES string of the molecule is Cc1ccc(COC(=O)N2CC[C@H](COS(C)(=O)=O)[C@H](F)C2)cc1. The second-order valence-corrected chi connectivity index (χ2v) is 7.68. The van der Waals surface area contributed by atoms with Crippen molar-refractivity contribution in [1.82, 2.24) is 4.90 Å². The summed E-state index contributed by atoms with van der Waals surface area (Å²) in [6, 6.07) is 7.59. The molecule has 1 aliphatic rings. The molecule has 0 saturated carbocycles. The number of hydrogen-bond acceptors (Lipinski definition) is 5. The molecule has 0 N–H and O–H groups in total. The molecule has 0 radical (unpaired) electrons. The zero-order chi connectivity index (χ0) is 17.7. The maximum absolute atomic E-state index is 14.1. The fourth-order valence-corrected chi connectivity index (χ4v) is 2.86. The van der Waals surface area contributed by atoms with E-state index < -0.39 is 28.3 Å². The topological polar surface area (TPSA) is 72.9 Å². The van der Waals surface area contributed by atoms with Crippen molar-refractivity contribution in [3.8, 4) is 0 Å². The number of carbonyl (C=O) groups excluding carboxylic acids is 1. The van der Waals surface area contributed by atoms with Crippen LogP contribution in [0.1, 0.15) is 17.5 Å². The molecule has 2 atom stereocenters. The predicted molar refractivity (Wildman–Crippen MR) is 86.7 cm³/mol. The van der Waals surface area contributed by atoms with Crippen LogP contribution in [-0.2, 0) is 25.6 Å². The molecule has 24 heavy (non-hydrogen) atoms. The van der Waals surface area contributed by atoms with Crippen molar-refractivity contribution in [3.63, 3.8) is 0 Å². The summed E-state index contributed by atoms with van der Waals surface area (Å²) >= 11 is 0. The van der Waals surface area contributed by atoms with E-state index in [9.17, 15) is 17.6 Å². The summed E-state index contributed by atoms with van der Waals surface area (Å²) in [6.45, 7) is 2.09. The van der Waals surface area contributed by atoms with Gasteiger partial charge >= 0.3 is 6.09 Å². The van der Waals surface area contributed by atoms with Gasteiger partial charge in [0.15, 0.2) is 0 Å². The highest BCUT2D eigenvalue weighted by Crippen LogP contribution is 2.22. The van der Waals surface area contributed by atoms with Crippen LogP contribution in [0, 0.1) is 12.8 Å². The van der Waals surface area contributed by atoms with Gasteiger partial charge in [0.05, 0.1) is 19.4 Å². The lowest BCUT2D eigenvalue weighted by Gasteiger charge is -2.33. The molecule has 134 valence electrons. The van der Waals surface area contributed by atoms with Crippen LogP contribution >= 0.6 is 0 Å². The van der Waals surface area contributed by atoms with E-state index in [0.29, 0.717) is 13.0 Å². The van der Waals surface area contributed by atoms with Crippen LogP contribution in [0.3, 0.4) is 0 Å². The van der Waals surface area contributed by atoms with Crippen LogP contribution < -0.4 is 0 Å². The Hall–Kier alpha value is -1.67. The zero-order valence-corrected chi connectivity index (χ0v) is 14.6. The molecule has 0 unspecified atom stereocenters. The second kappa shape index (κ2) is 7.94. The largest absolute Gasteiger partial charge is 0.445 e. The number of ether oxygens (including phenoxy) is 1. The number of alkyl halides is 1. The Kier molecular flexibility index (Phi) is 6.17. The number of hydrogen-bond donors (Lipinski definition) is 0. The van der Waals surface area contributed by atoms with Gasteiger partial charge in [0.2, 0.25) is 0 Å². The fourth-order valence-electron chi connectivity index (χ4n) is 2.44. The third-order valence-corrected chi connectivity index (χ3v) is 4.48. The molecule has 1 saturated heterocycles. The number of likely N-dealkylation sites (tertiary alicyclic amines) is 1. The van der Waals surface area contributed by atoms with E-state index in [2.05, 4.69) is 4.18 Å². The number of amides is 1. The molecule has 0 aliphatic carbocycles. The normalized spacial score (nSPS) is 21.5. The van der Waals surface area contributed by atoms with E-state index in [0.717, 1.165) is 17.4 Å². The number of rotatable bonds is 5. The Morgan fingerprint density at radius 1 is 1.33 bits per heavy atom. The number of benzene rings is 1. The van der Waals surface area contributed by atoms with Gasteiger partial charge in [0, 0.05) is 12.5 Å². The average molecular weight is 359 g/mol. The first-order valence-corrected chi connectivity index (χ1v) is 9.52. The summed E-state index contributed by atoms with van der Waals surface area (Å²) < 4.78 is 45.9. The van der Waals surface area contributed by atoms with Crippen LogP contribution in [0.5, 0.6) is 0 Å². The van der Waals surface area contributed by atoms with Gasteiger partial charge in [-0.1, -0.05) is 29.8 Å². The minimum Gasteiger partial charge on any atom is -0.445 e. The third kappa shape index (κ3) is 5.76. The van der Waals surface area contributed by atoms with Gasteiger partial charge in [0.25, 0.3) is 10.1 Å². The molecule has 1 aromatic carbocycles. The molecular formula is C16H22FNO5S. The van der Waals surface area contributed by atoms with Gasteiger partial charge in [-0.15, -0.1) is 0 Å². The van der Waals surface area contributed by atoms with Gasteiger partial charge in [-0.2, -0.15) is 8.42 Å². The predicted octanol–water partition coefficient (Wildman–Crippen LogP) is 2.27. The highest BCUT2D eigenvalue weighted by molar-refractivity contribution is 7.85. The van der Waals surface area contributed by atoms with Gasteiger partial charge in [-0.25, -0.2) is 9.18 Å². The van der Waals surface area contributed by atoms with Crippen LogP contribution in [0.25, 0.3) is 0 Å². The van der Waals surface area contributed by atoms with Crippen molar-refractivity contribution in [2.24, 2.45) is 5.92 Å². The number of halogens is 1. The minimum absolute atomic E-state index is 0.121. The lowest BCUT2D eigenvalue weighted by Crippen LogP contribution is -2.46. The molecule has 1 fully saturated rings. The highest BCUT2D eigenvalue weighted by Gasteiger charge is 2.33. The first-order chi connectivity index (χ1) is 11.2. The van der Waals surface area contributed by atoms with Gasteiger partial charge in [-0.3, -0.25) is 4.18 Å². The monoisotopic (exact) mass is 359 g/mol. The quantitative estimate of drug-likeness (QED) is 0.754. The molecule has 8 heteroatoms. The fraction of sp³-hybridized carbons (Fsp3) is 0.562. The number of aryl methyl sites for hydroxylation is 1. The first kappa shape index (κ1) is 18.7. The molecule has 1 aromatic rings. The van der Waals surface area contributed by atoms with Gasteiger partial charge < -0.3 is 9.64 Å². The van der Waals surface area contributed by atoms with Crippen LogP contribution in [0.4, 0.5) is 9.18 Å². The average Bonchev–Trinajstić information content (AvgIpc) is 2.52. The van der Waals surface area contributed by atoms with Crippen LogP contribution in [0.15, 0.2) is 24.3 Å². The summed E-state index contributed by atoms with van der Waals surface area (Å²) in [4.78, 5) is 13.3. The Balaban J connectivity index is 1.79. The first-order valence-electron chi connectivity index (χ1n) is 7.70. The summed E-state index contributed by atoms with van der Waals surface area (Å²) in [5.74, 6) is -0.541. The van der Waals surface area contributed by atoms with Crippen molar-refractivity contribution in [2.75, 3.05) is 26.0 Å². The number of nitrogens with zero attached hydrogens (tertiary/aromatic N) is 1. The summed E-state index contributed by atoms with van der Waals surface area (Å²) in [7, 11) is -3.59. The minimum atomic E-state index is -3.59. The molecule has 0 spiro atoms. The second-order valence-electron chi connectivity index (χ2n) is 6.04. The van der Waals surface area contributed by atoms with Gasteiger partial charge in [0.1, 0.15) is 12.8 Å². The van der Waals surface area contributed by atoms with E-state index in [4.69, 9.17) is 4.74 Å². The molecular weight excluding hydrogens is 337 g/mol. The van der Waals surface area contributed by atoms with Gasteiger partial charge in [-0.05, 0) is 18.9 Å². The number of piperidine rings is 1. The van der Waals surface area contributed by atoms with Crippen molar-refractivity contribution >= 4 is 16.2 Å². The van der Waals surface area contributed by atoms with E-state index in [1.807, 2.05) is 31.2 Å². The van der Waals surface area contributed by atoms with E-state index >= 15 is 0 Å². The standard InChI is InChI=1S/C16H22FNO5S/c1-12-3-5-13(6-4-12)10-22-16(19)18-8-7-14(15(17)9-18)11-23-24(2,20)21/h3-6,14-15H,7-11H2,1-2H3/t14-,15-/m1/s1. The Morgan fingerprint density at radius 2 is 2.00 bits per heavy atom. The summed E-state index contributed by atoms with van der Waals surface area (Å²) in [5.41, 5.74) is 1.98. The van der Waals surface area contributed by atoms with Crippen molar-refractivity contribution in [2.45, 2.75) is 26.1 Å². The summed E-state index contributed by atoms with van der Waals surface area (Å²) in [6.07, 6.45) is -0.651. The van der Waals surface area contributed by atoms with E-state index in [-0.39, 0.29) is 19.8 Å². The molecule has 2 rings (SSSR count). The molecule has 1 heterocycles. The van der Waals surface area contributed by atoms with E-state index in [1.165, 1.54) is 4.90 Å². The lowest BCUT2D eigenvalue weighted by atomic mass is 9.96. The zero-order valence-electron chi connectivity index (χ0n) is 13.8. The Morgan fingerprint density at radius 3 is 2.58 bits per heavy atom. The van der Waals surface area contributed by atoms with Crippen LogP contribution in [0.2, 0.25) is 0 Å². The maximum Gasteiger partial charge on any atom is 0.410 e. The van der Waals surface area contributed by atoms with Crippen molar-refractivity contribution < 1.29 is 26.5 Å². The summed E-state index contributed by atoms with van der Waals surface area (Å²) in [5, 5.41) is 0. The highest BCUT2D eigenvalue weighted by atomic mass is 32.2. The number of carbonyl (C=O) groups is 1. The Bertz CT molecular complexity index is 662. The van der Waals surface area contributed by atoms with Crippen molar-refractivity contribution in [1.29, 1.82) is 0 Å². The van der Waals surface area contributed by atoms with Crippen molar-refractivity contribution in [3.05, 3.63) is 35.4 Å². The van der Waals surface area contributed by atoms with Crippen LogP contribution in [-0.4, -0.2) is 51.5 Å². The maximum atomic E-state index is 14.1. The molecule has 0 bridgehead atoms. The molecule has 6 nitrogen and oxygen atoms in total. The molecule has 1 amide bonds. The third-order valence-electron chi connectivity index (χ3n) is 3.91. The molecule has 1 aliphatic heterocycles. The van der Waals surface area contributed by atoms with E-state index in [1.54, 1.807) is 0 Å². The Labute approximate surface area is 141 Å². The lowest BCUT2D eigenvalue weighted by molar-refractivity contribution is 0.0391.